The molecule has 3 rings (SSSR count). The summed E-state index contributed by atoms with van der Waals surface area (Å²) in [4.78, 5) is 0. The topological polar surface area (TPSA) is 24.1 Å². The molecule has 3 aromatic carbocycles. The van der Waals surface area contributed by atoms with Gasteiger partial charge >= 0.3 is 0 Å². The third-order valence-electron chi connectivity index (χ3n) is 3.40. The number of nitrogens with one attached hydrogen (secondary N) is 2. The van der Waals surface area contributed by atoms with E-state index in [0.29, 0.717) is 11.7 Å². The van der Waals surface area contributed by atoms with E-state index in [1.54, 1.807) is 0 Å². The van der Waals surface area contributed by atoms with Gasteiger partial charge < -0.3 is 10.6 Å². The van der Waals surface area contributed by atoms with Gasteiger partial charge in [-0.3, -0.25) is 0 Å². The first-order valence-corrected chi connectivity index (χ1v) is 7.78. The Kier molecular flexibility index (Phi) is 4.56. The fourth-order valence-electron chi connectivity index (χ4n) is 2.29. The van der Waals surface area contributed by atoms with E-state index in [1.807, 2.05) is 48.5 Å². The van der Waals surface area contributed by atoms with Crippen LogP contribution in [-0.4, -0.2) is 5.11 Å². The van der Waals surface area contributed by atoms with Gasteiger partial charge in [0.15, 0.2) is 5.11 Å². The van der Waals surface area contributed by atoms with Crippen molar-refractivity contribution in [1.82, 2.24) is 5.32 Å². The molecule has 0 heterocycles. The van der Waals surface area contributed by atoms with Crippen molar-refractivity contribution in [1.29, 1.82) is 0 Å². The summed E-state index contributed by atoms with van der Waals surface area (Å²) in [5, 5.41) is 10.2. The zero-order valence-electron chi connectivity index (χ0n) is 11.8. The van der Waals surface area contributed by atoms with Crippen LogP contribution in [0.2, 0.25) is 5.02 Å². The first-order chi connectivity index (χ1) is 10.7. The van der Waals surface area contributed by atoms with Gasteiger partial charge in [0.25, 0.3) is 0 Å². The smallest absolute Gasteiger partial charge is 0.171 e. The number of thiocarbonyl (C=S) groups is 1. The number of hydrogen-bond donors (Lipinski definition) is 2. The van der Waals surface area contributed by atoms with Crippen LogP contribution >= 0.6 is 23.8 Å². The molecule has 0 unspecified atom stereocenters. The number of hydrogen-bond acceptors (Lipinski definition) is 1. The number of anilines is 1. The second kappa shape index (κ2) is 6.77. The summed E-state index contributed by atoms with van der Waals surface area (Å²) in [6.07, 6.45) is 0. The molecule has 3 aromatic rings. The predicted octanol–water partition coefficient (Wildman–Crippen LogP) is 4.98. The molecule has 0 aliphatic rings. The summed E-state index contributed by atoms with van der Waals surface area (Å²) < 4.78 is 0. The summed E-state index contributed by atoms with van der Waals surface area (Å²) in [6, 6.07) is 22.1. The van der Waals surface area contributed by atoms with Crippen LogP contribution < -0.4 is 10.6 Å². The first-order valence-electron chi connectivity index (χ1n) is 6.99. The Morgan fingerprint density at radius 3 is 2.45 bits per heavy atom. The SMILES string of the molecule is S=C(NCc1ccc(Cl)cc1)Nc1cccc2ccccc12. The fourth-order valence-corrected chi connectivity index (χ4v) is 2.59. The molecule has 4 heteroatoms. The largest absolute Gasteiger partial charge is 0.358 e. The second-order valence-corrected chi connectivity index (χ2v) is 5.81. The lowest BCUT2D eigenvalue weighted by atomic mass is 10.1. The summed E-state index contributed by atoms with van der Waals surface area (Å²) in [6.45, 7) is 0.660. The maximum absolute atomic E-state index is 5.88. The number of halogens is 1. The summed E-state index contributed by atoms with van der Waals surface area (Å²) in [7, 11) is 0. The van der Waals surface area contributed by atoms with Crippen LogP contribution in [0, 0.1) is 0 Å². The first kappa shape index (κ1) is 14.8. The summed E-state index contributed by atoms with van der Waals surface area (Å²) in [5.41, 5.74) is 2.14. The molecule has 0 aliphatic carbocycles. The van der Waals surface area contributed by atoms with Crippen LogP contribution in [-0.2, 0) is 6.54 Å². The Hall–Kier alpha value is -2.10. The Labute approximate surface area is 140 Å². The molecule has 0 amide bonds. The van der Waals surface area contributed by atoms with Crippen molar-refractivity contribution in [3.63, 3.8) is 0 Å². The van der Waals surface area contributed by atoms with Gasteiger partial charge in [-0.15, -0.1) is 0 Å². The standard InChI is InChI=1S/C18H15ClN2S/c19-15-10-8-13(9-11-15)12-20-18(22)21-17-7-3-5-14-4-1-2-6-16(14)17/h1-11H,12H2,(H2,20,21,22). The van der Waals surface area contributed by atoms with Gasteiger partial charge in [0.1, 0.15) is 0 Å². The Bertz CT molecular complexity index is 794. The molecule has 0 radical (unpaired) electrons. The molecule has 0 bridgehead atoms. The maximum atomic E-state index is 5.88. The highest BCUT2D eigenvalue weighted by Crippen LogP contribution is 2.22. The van der Waals surface area contributed by atoms with Gasteiger partial charge in [-0.25, -0.2) is 0 Å². The Morgan fingerprint density at radius 2 is 1.64 bits per heavy atom. The van der Waals surface area contributed by atoms with Crippen molar-refractivity contribution in [2.24, 2.45) is 0 Å². The molecule has 0 spiro atoms. The average molecular weight is 327 g/mol. The highest BCUT2D eigenvalue weighted by molar-refractivity contribution is 7.80. The van der Waals surface area contributed by atoms with Crippen molar-refractivity contribution >= 4 is 45.4 Å². The van der Waals surface area contributed by atoms with Crippen LogP contribution in [0.4, 0.5) is 5.69 Å². The minimum absolute atomic E-state index is 0.603. The second-order valence-electron chi connectivity index (χ2n) is 4.96. The number of benzene rings is 3. The zero-order valence-corrected chi connectivity index (χ0v) is 13.4. The molecular formula is C18H15ClN2S. The quantitative estimate of drug-likeness (QED) is 0.664. The number of fused-ring (bicyclic) bond motifs is 1. The van der Waals surface area contributed by atoms with Crippen LogP contribution in [0.1, 0.15) is 5.56 Å². The monoisotopic (exact) mass is 326 g/mol. The third-order valence-corrected chi connectivity index (χ3v) is 3.90. The molecule has 0 saturated carbocycles. The lowest BCUT2D eigenvalue weighted by Gasteiger charge is -2.12. The van der Waals surface area contributed by atoms with E-state index in [1.165, 1.54) is 5.39 Å². The molecule has 0 atom stereocenters. The van der Waals surface area contributed by atoms with Crippen LogP contribution in [0.15, 0.2) is 66.7 Å². The van der Waals surface area contributed by atoms with Gasteiger partial charge in [-0.2, -0.15) is 0 Å². The molecule has 22 heavy (non-hydrogen) atoms. The lowest BCUT2D eigenvalue weighted by Crippen LogP contribution is -2.27. The number of rotatable bonds is 3. The normalized spacial score (nSPS) is 10.4. The van der Waals surface area contributed by atoms with Crippen molar-refractivity contribution in [2.45, 2.75) is 6.54 Å². The van der Waals surface area contributed by atoms with Crippen molar-refractivity contribution in [3.8, 4) is 0 Å². The molecule has 0 aromatic heterocycles. The Morgan fingerprint density at radius 1 is 0.909 bits per heavy atom. The highest BCUT2D eigenvalue weighted by Gasteiger charge is 2.02. The van der Waals surface area contributed by atoms with Gasteiger partial charge in [-0.1, -0.05) is 60.1 Å². The van der Waals surface area contributed by atoms with Gasteiger partial charge in [0.05, 0.1) is 0 Å². The molecule has 2 N–H and O–H groups in total. The van der Waals surface area contributed by atoms with E-state index >= 15 is 0 Å². The van der Waals surface area contributed by atoms with Crippen LogP contribution in [0.25, 0.3) is 10.8 Å². The van der Waals surface area contributed by atoms with Crippen LogP contribution in [0.5, 0.6) is 0 Å². The van der Waals surface area contributed by atoms with E-state index in [0.717, 1.165) is 21.7 Å². The van der Waals surface area contributed by atoms with Gasteiger partial charge in [0, 0.05) is 22.6 Å². The van der Waals surface area contributed by atoms with Crippen molar-refractivity contribution < 1.29 is 0 Å². The summed E-state index contributed by atoms with van der Waals surface area (Å²) >= 11 is 11.3. The minimum Gasteiger partial charge on any atom is -0.358 e. The lowest BCUT2D eigenvalue weighted by molar-refractivity contribution is 0.926. The van der Waals surface area contributed by atoms with Gasteiger partial charge in [0.2, 0.25) is 0 Å². The van der Waals surface area contributed by atoms with Crippen LogP contribution in [0.3, 0.4) is 0 Å². The van der Waals surface area contributed by atoms with E-state index in [2.05, 4.69) is 28.8 Å². The zero-order chi connectivity index (χ0) is 15.4. The fraction of sp³-hybridized carbons (Fsp3) is 0.0556. The third kappa shape index (κ3) is 3.56. The summed E-state index contributed by atoms with van der Waals surface area (Å²) in [5.74, 6) is 0. The molecule has 0 saturated heterocycles. The highest BCUT2D eigenvalue weighted by atomic mass is 35.5. The molecule has 110 valence electrons. The van der Waals surface area contributed by atoms with E-state index in [9.17, 15) is 0 Å². The van der Waals surface area contributed by atoms with Gasteiger partial charge in [-0.05, 0) is 41.4 Å². The van der Waals surface area contributed by atoms with Crippen molar-refractivity contribution in [3.05, 3.63) is 77.3 Å². The minimum atomic E-state index is 0.603. The molecule has 0 fully saturated rings. The molecule has 0 aliphatic heterocycles. The molecular weight excluding hydrogens is 312 g/mol. The van der Waals surface area contributed by atoms with E-state index in [4.69, 9.17) is 23.8 Å². The Balaban J connectivity index is 1.67. The average Bonchev–Trinajstić information content (AvgIpc) is 2.55. The predicted molar refractivity (Wildman–Crippen MR) is 98.5 cm³/mol. The van der Waals surface area contributed by atoms with E-state index in [-0.39, 0.29) is 0 Å². The van der Waals surface area contributed by atoms with Crippen molar-refractivity contribution in [2.75, 3.05) is 5.32 Å². The van der Waals surface area contributed by atoms with E-state index < -0.39 is 0 Å². The maximum Gasteiger partial charge on any atom is 0.171 e. The molecule has 2 nitrogen and oxygen atoms in total.